The third-order valence-electron chi connectivity index (χ3n) is 1.34. The molecule has 0 aliphatic heterocycles. The molecule has 1 rings (SSSR count). The van der Waals surface area contributed by atoms with Crippen LogP contribution < -0.4 is 4.72 Å². The first kappa shape index (κ1) is 11.2. The van der Waals surface area contributed by atoms with Crippen LogP contribution in [0.2, 0.25) is 0 Å². The maximum Gasteiger partial charge on any atom is 0.246 e. The fourth-order valence-corrected chi connectivity index (χ4v) is 1.47. The zero-order chi connectivity index (χ0) is 10.8. The number of hydrogen-bond donors (Lipinski definition) is 1. The minimum Gasteiger partial charge on any atom is -0.282 e. The van der Waals surface area contributed by atoms with Crippen molar-refractivity contribution in [2.45, 2.75) is 0 Å². The van der Waals surface area contributed by atoms with E-state index in [1.807, 2.05) is 4.72 Å². The molecular formula is C7H6ClF2NO2S. The second-order valence-electron chi connectivity index (χ2n) is 2.45. The maximum atomic E-state index is 12.6. The molecule has 1 aromatic carbocycles. The number of anilines is 1. The number of nitrogens with one attached hydrogen (secondary N) is 1. The minimum absolute atomic E-state index is 0.0652. The van der Waals surface area contributed by atoms with Crippen LogP contribution in [0.3, 0.4) is 0 Å². The summed E-state index contributed by atoms with van der Waals surface area (Å²) in [4.78, 5) is 0. The number of halogens is 3. The Morgan fingerprint density at radius 1 is 1.29 bits per heavy atom. The molecule has 0 fully saturated rings. The Morgan fingerprint density at radius 3 is 2.43 bits per heavy atom. The third kappa shape index (κ3) is 2.81. The Bertz CT molecular complexity index is 435. The van der Waals surface area contributed by atoms with Crippen LogP contribution in [0.25, 0.3) is 0 Å². The molecule has 0 spiro atoms. The van der Waals surface area contributed by atoms with Crippen LogP contribution in [0.15, 0.2) is 18.2 Å². The molecule has 0 amide bonds. The molecule has 0 saturated carbocycles. The van der Waals surface area contributed by atoms with E-state index in [0.29, 0.717) is 0 Å². The molecule has 0 saturated heterocycles. The summed E-state index contributed by atoms with van der Waals surface area (Å²) in [6, 6.07) is 2.66. The van der Waals surface area contributed by atoms with Gasteiger partial charge in [-0.15, -0.1) is 11.6 Å². The highest BCUT2D eigenvalue weighted by molar-refractivity contribution is 7.93. The second kappa shape index (κ2) is 4.10. The van der Waals surface area contributed by atoms with Gasteiger partial charge in [0.2, 0.25) is 10.0 Å². The fourth-order valence-electron chi connectivity index (χ4n) is 0.766. The van der Waals surface area contributed by atoms with Gasteiger partial charge in [-0.25, -0.2) is 17.2 Å². The summed E-state index contributed by atoms with van der Waals surface area (Å²) in [5.74, 6) is -2.17. The van der Waals surface area contributed by atoms with Crippen LogP contribution in [0.4, 0.5) is 14.5 Å². The van der Waals surface area contributed by atoms with E-state index in [-0.39, 0.29) is 5.69 Å². The minimum atomic E-state index is -3.68. The number of rotatable bonds is 3. The lowest BCUT2D eigenvalue weighted by Crippen LogP contribution is -2.13. The van der Waals surface area contributed by atoms with Gasteiger partial charge in [-0.05, 0) is 12.1 Å². The predicted molar refractivity (Wildman–Crippen MR) is 49.6 cm³/mol. The van der Waals surface area contributed by atoms with Crippen LogP contribution in [0.1, 0.15) is 0 Å². The Labute approximate surface area is 84.7 Å². The van der Waals surface area contributed by atoms with Gasteiger partial charge in [0.1, 0.15) is 5.21 Å². The van der Waals surface area contributed by atoms with Crippen molar-refractivity contribution in [1.29, 1.82) is 0 Å². The predicted octanol–water partition coefficient (Wildman–Crippen LogP) is 1.90. The van der Waals surface area contributed by atoms with Crippen molar-refractivity contribution in [3.05, 3.63) is 29.8 Å². The largest absolute Gasteiger partial charge is 0.282 e. The van der Waals surface area contributed by atoms with Gasteiger partial charge >= 0.3 is 0 Å². The number of benzene rings is 1. The van der Waals surface area contributed by atoms with E-state index in [1.54, 1.807) is 0 Å². The van der Waals surface area contributed by atoms with Crippen molar-refractivity contribution in [2.75, 3.05) is 9.93 Å². The monoisotopic (exact) mass is 241 g/mol. The van der Waals surface area contributed by atoms with Crippen LogP contribution >= 0.6 is 11.6 Å². The Hall–Kier alpha value is -0.880. The molecule has 0 aliphatic carbocycles. The summed E-state index contributed by atoms with van der Waals surface area (Å²) < 4.78 is 48.8. The van der Waals surface area contributed by atoms with E-state index in [0.717, 1.165) is 18.2 Å². The van der Waals surface area contributed by atoms with Gasteiger partial charge in [-0.2, -0.15) is 0 Å². The smallest absolute Gasteiger partial charge is 0.246 e. The highest BCUT2D eigenvalue weighted by atomic mass is 35.5. The van der Waals surface area contributed by atoms with Crippen molar-refractivity contribution < 1.29 is 17.2 Å². The van der Waals surface area contributed by atoms with Crippen LogP contribution in [0, 0.1) is 11.6 Å². The molecule has 7 heteroatoms. The van der Waals surface area contributed by atoms with E-state index >= 15 is 0 Å². The Balaban J connectivity index is 2.94. The molecule has 14 heavy (non-hydrogen) atoms. The molecule has 0 bridgehead atoms. The lowest BCUT2D eigenvalue weighted by molar-refractivity contribution is 0.509. The average molecular weight is 242 g/mol. The zero-order valence-corrected chi connectivity index (χ0v) is 8.37. The molecule has 1 N–H and O–H groups in total. The number of hydrogen-bond acceptors (Lipinski definition) is 2. The van der Waals surface area contributed by atoms with Crippen molar-refractivity contribution in [2.24, 2.45) is 0 Å². The highest BCUT2D eigenvalue weighted by Crippen LogP contribution is 2.14. The average Bonchev–Trinajstić information content (AvgIpc) is 2.11. The van der Waals surface area contributed by atoms with Gasteiger partial charge in [0.15, 0.2) is 11.6 Å². The molecule has 78 valence electrons. The zero-order valence-electron chi connectivity index (χ0n) is 6.80. The van der Waals surface area contributed by atoms with Gasteiger partial charge in [-0.3, -0.25) is 4.72 Å². The molecule has 1 aromatic rings. The van der Waals surface area contributed by atoms with E-state index in [2.05, 4.69) is 0 Å². The van der Waals surface area contributed by atoms with Gasteiger partial charge < -0.3 is 0 Å². The fraction of sp³-hybridized carbons (Fsp3) is 0.143. The summed E-state index contributed by atoms with van der Waals surface area (Å²) in [6.07, 6.45) is 0. The summed E-state index contributed by atoms with van der Waals surface area (Å²) in [6.45, 7) is 0. The molecule has 3 nitrogen and oxygen atoms in total. The van der Waals surface area contributed by atoms with Crippen molar-refractivity contribution in [3.8, 4) is 0 Å². The quantitative estimate of drug-likeness (QED) is 0.822. The molecule has 0 aliphatic rings. The molecule has 0 atom stereocenters. The van der Waals surface area contributed by atoms with E-state index in [4.69, 9.17) is 11.6 Å². The second-order valence-corrected chi connectivity index (χ2v) is 4.76. The molecular weight excluding hydrogens is 236 g/mol. The highest BCUT2D eigenvalue weighted by Gasteiger charge is 2.09. The summed E-state index contributed by atoms with van der Waals surface area (Å²) in [7, 11) is -3.68. The standard InChI is InChI=1S/C7H6ClF2NO2S/c8-4-14(12,13)11-5-1-2-6(9)7(10)3-5/h1-3,11H,4H2. The van der Waals surface area contributed by atoms with Crippen molar-refractivity contribution in [1.82, 2.24) is 0 Å². The maximum absolute atomic E-state index is 12.6. The molecule has 0 heterocycles. The SMILES string of the molecule is O=S(=O)(CCl)Nc1ccc(F)c(F)c1. The summed E-state index contributed by atoms with van der Waals surface area (Å²) in [5.41, 5.74) is -0.0652. The van der Waals surface area contributed by atoms with E-state index < -0.39 is 26.9 Å². The number of alkyl halides is 1. The van der Waals surface area contributed by atoms with Crippen molar-refractivity contribution in [3.63, 3.8) is 0 Å². The van der Waals surface area contributed by atoms with Gasteiger partial charge in [0.25, 0.3) is 0 Å². The molecule has 0 aromatic heterocycles. The molecule has 0 radical (unpaired) electrons. The Kier molecular flexibility index (Phi) is 3.28. The van der Waals surface area contributed by atoms with Gasteiger partial charge in [-0.1, -0.05) is 0 Å². The normalized spacial score (nSPS) is 11.4. The van der Waals surface area contributed by atoms with Crippen LogP contribution in [-0.4, -0.2) is 13.6 Å². The lowest BCUT2D eigenvalue weighted by Gasteiger charge is -2.04. The van der Waals surface area contributed by atoms with Crippen molar-refractivity contribution >= 4 is 27.3 Å². The summed E-state index contributed by atoms with van der Waals surface area (Å²) in [5, 5.41) is -0.647. The first-order valence-corrected chi connectivity index (χ1v) is 5.65. The van der Waals surface area contributed by atoms with Crippen LogP contribution in [-0.2, 0) is 10.0 Å². The van der Waals surface area contributed by atoms with E-state index in [9.17, 15) is 17.2 Å². The summed E-state index contributed by atoms with van der Waals surface area (Å²) >= 11 is 5.10. The number of sulfonamides is 1. The van der Waals surface area contributed by atoms with Gasteiger partial charge in [0.05, 0.1) is 5.69 Å². The first-order chi connectivity index (χ1) is 6.44. The Morgan fingerprint density at radius 2 is 1.93 bits per heavy atom. The topological polar surface area (TPSA) is 46.2 Å². The first-order valence-electron chi connectivity index (χ1n) is 3.46. The van der Waals surface area contributed by atoms with Gasteiger partial charge in [0, 0.05) is 6.07 Å². The van der Waals surface area contributed by atoms with Crippen LogP contribution in [0.5, 0.6) is 0 Å². The lowest BCUT2D eigenvalue weighted by atomic mass is 10.3. The van der Waals surface area contributed by atoms with E-state index in [1.165, 1.54) is 0 Å². The third-order valence-corrected chi connectivity index (χ3v) is 3.03. The molecule has 0 unspecified atom stereocenters.